The van der Waals surface area contributed by atoms with Gasteiger partial charge in [-0.15, -0.1) is 0 Å². The molecule has 0 saturated carbocycles. The van der Waals surface area contributed by atoms with Gasteiger partial charge >= 0.3 is 12.0 Å². The molecule has 1 spiro atoms. The summed E-state index contributed by atoms with van der Waals surface area (Å²) in [7, 11) is 1.23. The van der Waals surface area contributed by atoms with Crippen molar-refractivity contribution in [2.45, 2.75) is 37.9 Å². The van der Waals surface area contributed by atoms with Crippen LogP contribution in [0, 0.1) is 6.92 Å². The summed E-state index contributed by atoms with van der Waals surface area (Å²) in [6.45, 7) is 3.32. The molecule has 10 nitrogen and oxygen atoms in total. The Labute approximate surface area is 265 Å². The lowest BCUT2D eigenvalue weighted by Gasteiger charge is -2.43. The highest BCUT2D eigenvalue weighted by atomic mass is 79.9. The van der Waals surface area contributed by atoms with Crippen LogP contribution in [0.25, 0.3) is 0 Å². The number of hydrogen-bond donors (Lipinski definition) is 2. The Morgan fingerprint density at radius 2 is 1.61 bits per heavy atom. The number of methoxy groups -OCH3 is 1. The van der Waals surface area contributed by atoms with Gasteiger partial charge in [0.1, 0.15) is 11.6 Å². The summed E-state index contributed by atoms with van der Waals surface area (Å²) < 4.78 is 5.49. The number of amides is 4. The number of hydrogen-bond acceptors (Lipinski definition) is 6. The third kappa shape index (κ3) is 6.42. The molecular weight excluding hydrogens is 626 g/mol. The fraction of sp³-hybridized carbons (Fsp3) is 0.333. The van der Waals surface area contributed by atoms with E-state index in [4.69, 9.17) is 4.74 Å². The van der Waals surface area contributed by atoms with Crippen molar-refractivity contribution in [2.24, 2.45) is 0 Å². The Morgan fingerprint density at radius 3 is 2.25 bits per heavy atom. The summed E-state index contributed by atoms with van der Waals surface area (Å²) >= 11 is 3.39. The number of para-hydroxylation sites is 1. The first kappa shape index (κ1) is 31.1. The number of anilines is 1. The second kappa shape index (κ2) is 13.5. The molecule has 2 fully saturated rings. The van der Waals surface area contributed by atoms with Gasteiger partial charge in [0.2, 0.25) is 5.91 Å². The number of piperidine rings is 1. The number of esters is 1. The second-order valence-corrected chi connectivity index (χ2v) is 11.9. The molecule has 4 amide bonds. The lowest BCUT2D eigenvalue weighted by Crippen LogP contribution is -2.59. The van der Waals surface area contributed by atoms with Gasteiger partial charge in [-0.25, -0.2) is 9.59 Å². The number of nitrogens with one attached hydrogen (secondary N) is 2. The maximum Gasteiger partial charge on any atom is 0.330 e. The first-order valence-electron chi connectivity index (χ1n) is 14.6. The number of carbonyl (C=O) groups is 4. The van der Waals surface area contributed by atoms with Crippen LogP contribution in [-0.4, -0.2) is 78.6 Å². The Bertz CT molecular complexity index is 1490. The van der Waals surface area contributed by atoms with Crippen LogP contribution in [0.15, 0.2) is 83.3 Å². The van der Waals surface area contributed by atoms with E-state index >= 15 is 0 Å². The summed E-state index contributed by atoms with van der Waals surface area (Å²) in [5.74, 6) is -1.07. The van der Waals surface area contributed by atoms with E-state index in [1.807, 2.05) is 71.6 Å². The Morgan fingerprint density at radius 1 is 0.955 bits per heavy atom. The lowest BCUT2D eigenvalue weighted by molar-refractivity contribution is -0.142. The van der Waals surface area contributed by atoms with Gasteiger partial charge in [-0.2, -0.15) is 0 Å². The zero-order valence-electron chi connectivity index (χ0n) is 24.8. The molecular formula is C33H36BrN5O5. The van der Waals surface area contributed by atoms with E-state index in [0.29, 0.717) is 49.2 Å². The summed E-state index contributed by atoms with van der Waals surface area (Å²) in [4.78, 5) is 58.5. The fourth-order valence-electron chi connectivity index (χ4n) is 5.99. The van der Waals surface area contributed by atoms with Crippen molar-refractivity contribution in [3.05, 3.63) is 100 Å². The molecule has 2 saturated heterocycles. The van der Waals surface area contributed by atoms with Crippen molar-refractivity contribution in [2.75, 3.05) is 38.3 Å². The second-order valence-electron chi connectivity index (χ2n) is 11.1. The van der Waals surface area contributed by atoms with Crippen LogP contribution < -0.4 is 15.5 Å². The van der Waals surface area contributed by atoms with E-state index in [9.17, 15) is 19.2 Å². The molecule has 2 aliphatic rings. The van der Waals surface area contributed by atoms with Crippen LogP contribution in [0.3, 0.4) is 0 Å². The number of nitrogens with zero attached hydrogens (tertiary/aromatic N) is 3. The number of rotatable bonds is 8. The molecule has 0 radical (unpaired) electrons. The molecule has 230 valence electrons. The van der Waals surface area contributed by atoms with Crippen LogP contribution >= 0.6 is 15.9 Å². The zero-order chi connectivity index (χ0) is 31.3. The molecule has 1 unspecified atom stereocenters. The fourth-order valence-corrected chi connectivity index (χ4v) is 6.64. The molecule has 3 aromatic rings. The van der Waals surface area contributed by atoms with Crippen molar-refractivity contribution in [1.82, 2.24) is 20.4 Å². The van der Waals surface area contributed by atoms with Gasteiger partial charge in [0.05, 0.1) is 25.9 Å². The average Bonchev–Trinajstić information content (AvgIpc) is 3.29. The van der Waals surface area contributed by atoms with E-state index in [0.717, 1.165) is 16.8 Å². The van der Waals surface area contributed by atoms with Crippen molar-refractivity contribution in [3.63, 3.8) is 0 Å². The summed E-state index contributed by atoms with van der Waals surface area (Å²) in [5.41, 5.74) is 2.40. The van der Waals surface area contributed by atoms with Crippen molar-refractivity contribution in [1.29, 1.82) is 0 Å². The molecule has 2 N–H and O–H groups in total. The van der Waals surface area contributed by atoms with Crippen LogP contribution in [0.1, 0.15) is 34.3 Å². The van der Waals surface area contributed by atoms with Crippen molar-refractivity contribution < 1.29 is 23.9 Å². The van der Waals surface area contributed by atoms with Crippen LogP contribution in [0.2, 0.25) is 0 Å². The third-order valence-corrected chi connectivity index (χ3v) is 9.03. The van der Waals surface area contributed by atoms with E-state index in [1.165, 1.54) is 7.11 Å². The molecule has 11 heteroatoms. The summed E-state index contributed by atoms with van der Waals surface area (Å²) in [6.07, 6.45) is 0.913. The standard InChI is InChI=1S/C33H36BrN5O5/c1-23-10-9-15-26(34)28(23)29(40)36-27(30(41)44-2)20-35-32(43)37-18-16-33(17-19-37)31(42)38(21-24-11-5-3-6-12-24)22-39(33)25-13-7-4-8-14-25/h3-15,27H,16-22H2,1-2H3,(H,35,43)(H,36,40). The van der Waals surface area contributed by atoms with E-state index in [-0.39, 0.29) is 18.5 Å². The molecule has 2 heterocycles. The van der Waals surface area contributed by atoms with Gasteiger partial charge in [-0.05, 0) is 65.0 Å². The maximum absolute atomic E-state index is 14.0. The first-order valence-corrected chi connectivity index (χ1v) is 15.4. The molecule has 2 aliphatic heterocycles. The average molecular weight is 663 g/mol. The Balaban J connectivity index is 1.25. The molecule has 3 aromatic carbocycles. The van der Waals surface area contributed by atoms with Crippen LogP contribution in [0.4, 0.5) is 10.5 Å². The summed E-state index contributed by atoms with van der Waals surface area (Å²) in [5, 5.41) is 5.46. The molecule has 0 aromatic heterocycles. The quantitative estimate of drug-likeness (QED) is 0.352. The third-order valence-electron chi connectivity index (χ3n) is 8.37. The van der Waals surface area contributed by atoms with E-state index in [2.05, 4.69) is 31.5 Å². The highest BCUT2D eigenvalue weighted by molar-refractivity contribution is 9.10. The monoisotopic (exact) mass is 661 g/mol. The van der Waals surface area contributed by atoms with Gasteiger partial charge in [-0.3, -0.25) is 9.59 Å². The predicted octanol–water partition coefficient (Wildman–Crippen LogP) is 4.08. The van der Waals surface area contributed by atoms with Crippen molar-refractivity contribution in [3.8, 4) is 0 Å². The Kier molecular flexibility index (Phi) is 9.53. The van der Waals surface area contributed by atoms with Gasteiger partial charge in [-0.1, -0.05) is 60.7 Å². The Hall–Kier alpha value is -4.38. The predicted molar refractivity (Wildman–Crippen MR) is 170 cm³/mol. The number of benzene rings is 3. The maximum atomic E-state index is 14.0. The molecule has 5 rings (SSSR count). The van der Waals surface area contributed by atoms with E-state index < -0.39 is 23.5 Å². The minimum absolute atomic E-state index is 0.0566. The van der Waals surface area contributed by atoms with Crippen LogP contribution in [0.5, 0.6) is 0 Å². The first-order chi connectivity index (χ1) is 21.2. The zero-order valence-corrected chi connectivity index (χ0v) is 26.4. The summed E-state index contributed by atoms with van der Waals surface area (Å²) in [6, 6.07) is 23.7. The molecule has 44 heavy (non-hydrogen) atoms. The SMILES string of the molecule is COC(=O)C(CNC(=O)N1CCC2(CC1)C(=O)N(Cc1ccccc1)CN2c1ccccc1)NC(=O)c1c(C)cccc1Br. The number of halogens is 1. The number of ether oxygens (including phenoxy) is 1. The number of carbonyl (C=O) groups excluding carboxylic acids is 4. The normalized spacial score (nSPS) is 16.5. The van der Waals surface area contributed by atoms with Gasteiger partial charge in [0.15, 0.2) is 0 Å². The lowest BCUT2D eigenvalue weighted by atomic mass is 9.85. The molecule has 0 bridgehead atoms. The smallest absolute Gasteiger partial charge is 0.330 e. The highest BCUT2D eigenvalue weighted by Crippen LogP contribution is 2.40. The van der Waals surface area contributed by atoms with E-state index in [1.54, 1.807) is 24.0 Å². The van der Waals surface area contributed by atoms with Gasteiger partial charge in [0, 0.05) is 29.8 Å². The number of aryl methyl sites for hydroxylation is 1. The minimum atomic E-state index is -1.09. The molecule has 1 atom stereocenters. The van der Waals surface area contributed by atoms with Gasteiger partial charge in [0.25, 0.3) is 5.91 Å². The van der Waals surface area contributed by atoms with Crippen LogP contribution in [-0.2, 0) is 20.9 Å². The largest absolute Gasteiger partial charge is 0.467 e. The molecule has 0 aliphatic carbocycles. The highest BCUT2D eigenvalue weighted by Gasteiger charge is 2.54. The number of likely N-dealkylation sites (tertiary alicyclic amines) is 1. The topological polar surface area (TPSA) is 111 Å². The van der Waals surface area contributed by atoms with Gasteiger partial charge < -0.3 is 30.1 Å². The van der Waals surface area contributed by atoms with Crippen molar-refractivity contribution >= 4 is 45.4 Å². The number of urea groups is 1. The minimum Gasteiger partial charge on any atom is -0.467 e.